The smallest absolute Gasteiger partial charge is 0.0440 e. The molecular formula is C45H33NS. The van der Waals surface area contributed by atoms with Crippen LogP contribution in [-0.4, -0.2) is 6.54 Å². The van der Waals surface area contributed by atoms with E-state index in [9.17, 15) is 0 Å². The Morgan fingerprint density at radius 1 is 0.532 bits per heavy atom. The number of fused-ring (bicyclic) bond motifs is 5. The van der Waals surface area contributed by atoms with E-state index in [2.05, 4.69) is 116 Å². The van der Waals surface area contributed by atoms with E-state index in [1.165, 1.54) is 144 Å². The molecule has 0 unspecified atom stereocenters. The summed E-state index contributed by atoms with van der Waals surface area (Å²) in [5.41, 5.74) is 9.41. The average molecular weight is 620 g/mol. The summed E-state index contributed by atoms with van der Waals surface area (Å²) in [6.45, 7) is 5.48. The third kappa shape index (κ3) is 3.39. The van der Waals surface area contributed by atoms with Crippen molar-refractivity contribution in [2.75, 3.05) is 11.9 Å². The molecule has 2 heteroatoms. The van der Waals surface area contributed by atoms with Gasteiger partial charge in [-0.1, -0.05) is 98.5 Å². The van der Waals surface area contributed by atoms with Gasteiger partial charge in [0.2, 0.25) is 0 Å². The van der Waals surface area contributed by atoms with Gasteiger partial charge in [0.1, 0.15) is 0 Å². The zero-order valence-electron chi connectivity index (χ0n) is 26.7. The van der Waals surface area contributed by atoms with Gasteiger partial charge in [-0.05, 0) is 125 Å². The van der Waals surface area contributed by atoms with Crippen molar-refractivity contribution < 1.29 is 0 Å². The van der Waals surface area contributed by atoms with Crippen LogP contribution in [0.5, 0.6) is 0 Å². The second-order valence-corrected chi connectivity index (χ2v) is 15.0. The van der Waals surface area contributed by atoms with E-state index in [1.54, 1.807) is 0 Å². The van der Waals surface area contributed by atoms with Crippen molar-refractivity contribution in [2.24, 2.45) is 0 Å². The van der Waals surface area contributed by atoms with E-state index in [1.807, 2.05) is 11.3 Å². The molecule has 1 aromatic heterocycles. The molecule has 11 rings (SSSR count). The Kier molecular flexibility index (Phi) is 5.20. The van der Waals surface area contributed by atoms with Crippen LogP contribution in [0.1, 0.15) is 38.2 Å². The normalized spacial score (nSPS) is 12.9. The van der Waals surface area contributed by atoms with Gasteiger partial charge in [-0.3, -0.25) is 0 Å². The second kappa shape index (κ2) is 9.33. The molecule has 1 aliphatic carbocycles. The van der Waals surface area contributed by atoms with Crippen LogP contribution in [0.3, 0.4) is 0 Å². The zero-order valence-corrected chi connectivity index (χ0v) is 27.5. The molecule has 1 heterocycles. The molecule has 47 heavy (non-hydrogen) atoms. The summed E-state index contributed by atoms with van der Waals surface area (Å²) in [6.07, 6.45) is 5.12. The van der Waals surface area contributed by atoms with Gasteiger partial charge >= 0.3 is 0 Å². The van der Waals surface area contributed by atoms with E-state index in [0.29, 0.717) is 0 Å². The number of rotatable bonds is 7. The van der Waals surface area contributed by atoms with Crippen LogP contribution in [0.25, 0.3) is 107 Å². The molecule has 1 N–H and O–H groups in total. The molecule has 0 amide bonds. The number of aryl methyl sites for hydroxylation is 1. The highest BCUT2D eigenvalue weighted by molar-refractivity contribution is 7.23. The van der Waals surface area contributed by atoms with Gasteiger partial charge in [0.25, 0.3) is 0 Å². The largest absolute Gasteiger partial charge is 0.385 e. The van der Waals surface area contributed by atoms with E-state index in [-0.39, 0.29) is 0 Å². The van der Waals surface area contributed by atoms with Crippen LogP contribution < -0.4 is 5.32 Å². The Morgan fingerprint density at radius 2 is 1.19 bits per heavy atom. The van der Waals surface area contributed by atoms with E-state index >= 15 is 0 Å². The lowest BCUT2D eigenvalue weighted by Crippen LogP contribution is -2.00. The van der Waals surface area contributed by atoms with Crippen molar-refractivity contribution in [1.29, 1.82) is 0 Å². The summed E-state index contributed by atoms with van der Waals surface area (Å²) in [5, 5.41) is 21.9. The van der Waals surface area contributed by atoms with Gasteiger partial charge in [-0.15, -0.1) is 11.3 Å². The van der Waals surface area contributed by atoms with Crippen LogP contribution in [-0.2, 0) is 0 Å². The fraction of sp³-hybridized carbons (Fsp3) is 0.156. The summed E-state index contributed by atoms with van der Waals surface area (Å²) < 4.78 is 1.38. The van der Waals surface area contributed by atoms with Gasteiger partial charge in [-0.2, -0.15) is 0 Å². The Morgan fingerprint density at radius 3 is 1.98 bits per heavy atom. The first kappa shape index (κ1) is 26.2. The summed E-state index contributed by atoms with van der Waals surface area (Å²) in [5.74, 6) is 0. The monoisotopic (exact) mass is 619 g/mol. The Labute approximate surface area is 277 Å². The van der Waals surface area contributed by atoms with Crippen molar-refractivity contribution in [3.63, 3.8) is 0 Å². The molecule has 10 aromatic rings. The summed E-state index contributed by atoms with van der Waals surface area (Å²) in [7, 11) is 0. The molecule has 0 atom stereocenters. The number of hydrogen-bond donors (Lipinski definition) is 1. The van der Waals surface area contributed by atoms with E-state index in [0.717, 1.165) is 6.54 Å². The molecular weight excluding hydrogens is 587 g/mol. The number of hydrogen-bond acceptors (Lipinski definition) is 2. The quantitative estimate of drug-likeness (QED) is 0.106. The minimum Gasteiger partial charge on any atom is -0.385 e. The number of unbranched alkanes of at least 4 members (excludes halogenated alkanes) is 3. The lowest BCUT2D eigenvalue weighted by molar-refractivity contribution is 0.685. The first-order chi connectivity index (χ1) is 23.2. The molecule has 0 saturated carbocycles. The molecule has 1 nitrogen and oxygen atoms in total. The molecule has 0 bridgehead atoms. The highest BCUT2D eigenvalue weighted by Crippen LogP contribution is 2.60. The number of nitrogens with one attached hydrogen (secondary N) is 1. The van der Waals surface area contributed by atoms with Gasteiger partial charge in [-0.25, -0.2) is 0 Å². The Bertz CT molecular complexity index is 2830. The third-order valence-electron chi connectivity index (χ3n) is 11.1. The minimum absolute atomic E-state index is 1.04. The number of benzene rings is 9. The molecule has 9 aromatic carbocycles. The number of thiophene rings is 1. The standard InChI is InChI=1S/C45H33NS/c1-3-4-5-6-19-46-30-16-18-32-36(23-30)47-45-35-22-29-14-13-27-20-33(25-9-7-24(2)8-10-25)31-17-15-26-11-12-28-21-34(42(32)45)41(35)44-39(28)37(26)43(31)38(27)40(29)44/h7-18,20-23,46H,3-6,19H2,1-2H3. The van der Waals surface area contributed by atoms with Crippen LogP contribution in [0.2, 0.25) is 0 Å². The average Bonchev–Trinajstić information content (AvgIpc) is 3.62. The van der Waals surface area contributed by atoms with Gasteiger partial charge in [0.05, 0.1) is 0 Å². The van der Waals surface area contributed by atoms with E-state index < -0.39 is 0 Å². The second-order valence-electron chi connectivity index (χ2n) is 13.9. The van der Waals surface area contributed by atoms with Crippen molar-refractivity contribution in [3.05, 3.63) is 103 Å². The molecule has 0 radical (unpaired) electrons. The maximum atomic E-state index is 3.70. The molecule has 0 aliphatic heterocycles. The molecule has 1 aliphatic rings. The Hall–Kier alpha value is -4.92. The first-order valence-electron chi connectivity index (χ1n) is 17.2. The van der Waals surface area contributed by atoms with Crippen molar-refractivity contribution in [1.82, 2.24) is 0 Å². The van der Waals surface area contributed by atoms with Crippen LogP contribution >= 0.6 is 11.3 Å². The van der Waals surface area contributed by atoms with Gasteiger partial charge < -0.3 is 5.32 Å². The van der Waals surface area contributed by atoms with Gasteiger partial charge in [0, 0.05) is 38.3 Å². The molecule has 224 valence electrons. The maximum Gasteiger partial charge on any atom is 0.0440 e. The molecule has 0 saturated heterocycles. The summed E-state index contributed by atoms with van der Waals surface area (Å²) in [4.78, 5) is 1.43. The predicted molar refractivity (Wildman–Crippen MR) is 208 cm³/mol. The molecule has 0 fully saturated rings. The van der Waals surface area contributed by atoms with Crippen LogP contribution in [0.4, 0.5) is 5.69 Å². The highest BCUT2D eigenvalue weighted by Gasteiger charge is 2.31. The summed E-state index contributed by atoms with van der Waals surface area (Å²) in [6, 6.07) is 37.8. The number of anilines is 1. The minimum atomic E-state index is 1.04. The lowest BCUT2D eigenvalue weighted by atomic mass is 9.80. The van der Waals surface area contributed by atoms with E-state index in [4.69, 9.17) is 0 Å². The maximum absolute atomic E-state index is 3.70. The highest BCUT2D eigenvalue weighted by atomic mass is 32.1. The summed E-state index contributed by atoms with van der Waals surface area (Å²) >= 11 is 1.97. The van der Waals surface area contributed by atoms with Crippen LogP contribution in [0.15, 0.2) is 97.1 Å². The SMILES string of the molecule is CCCCCCNc1ccc2c3c(sc2c1)-c1cc2ccc4cc(-c5ccc(C)cc5)c5ccc6ccc7cc-3c1c1c2c4c5c6c71. The van der Waals surface area contributed by atoms with Gasteiger partial charge in [0.15, 0.2) is 0 Å². The predicted octanol–water partition coefficient (Wildman–Crippen LogP) is 13.7. The first-order valence-corrected chi connectivity index (χ1v) is 18.1. The fourth-order valence-corrected chi connectivity index (χ4v) is 10.3. The lowest BCUT2D eigenvalue weighted by Gasteiger charge is -2.23. The molecule has 0 spiro atoms. The van der Waals surface area contributed by atoms with Crippen molar-refractivity contribution in [2.45, 2.75) is 39.5 Å². The zero-order chi connectivity index (χ0) is 31.0. The Balaban J connectivity index is 1.20. The topological polar surface area (TPSA) is 12.0 Å². The fourth-order valence-electron chi connectivity index (χ4n) is 9.00. The third-order valence-corrected chi connectivity index (χ3v) is 12.3. The van der Waals surface area contributed by atoms with Crippen LogP contribution in [0, 0.1) is 6.92 Å². The van der Waals surface area contributed by atoms with Crippen molar-refractivity contribution in [3.8, 4) is 32.7 Å². The van der Waals surface area contributed by atoms with Crippen molar-refractivity contribution >= 4 is 91.7 Å².